The third-order valence-electron chi connectivity index (χ3n) is 6.75. The first-order chi connectivity index (χ1) is 16.9. The molecule has 0 atom stereocenters. The number of rotatable bonds is 10. The number of fused-ring (bicyclic) bond motifs is 1. The highest BCUT2D eigenvalue weighted by atomic mass is 32.2. The van der Waals surface area contributed by atoms with Crippen molar-refractivity contribution in [2.24, 2.45) is 11.8 Å². The van der Waals surface area contributed by atoms with Crippen LogP contribution in [0.15, 0.2) is 47.6 Å². The van der Waals surface area contributed by atoms with Crippen molar-refractivity contribution in [3.8, 4) is 0 Å². The third kappa shape index (κ3) is 6.66. The van der Waals surface area contributed by atoms with E-state index in [-0.39, 0.29) is 5.91 Å². The molecule has 6 heteroatoms. The maximum atomic E-state index is 13.2. The van der Waals surface area contributed by atoms with Crippen molar-refractivity contribution in [1.82, 2.24) is 19.7 Å². The van der Waals surface area contributed by atoms with Crippen LogP contribution in [0.5, 0.6) is 0 Å². The molecule has 0 unspecified atom stereocenters. The average molecular weight is 493 g/mol. The summed E-state index contributed by atoms with van der Waals surface area (Å²) in [6.45, 7) is 10.3. The van der Waals surface area contributed by atoms with Crippen LogP contribution in [0, 0.1) is 11.8 Å². The molecule has 1 amide bonds. The van der Waals surface area contributed by atoms with E-state index in [9.17, 15) is 4.79 Å². The van der Waals surface area contributed by atoms with Crippen molar-refractivity contribution in [1.29, 1.82) is 0 Å². The van der Waals surface area contributed by atoms with Gasteiger partial charge in [-0.3, -0.25) is 4.79 Å². The number of carbonyl (C=O) groups is 1. The molecule has 1 aliphatic rings. The van der Waals surface area contributed by atoms with Gasteiger partial charge in [0.1, 0.15) is 5.82 Å². The standard InChI is InChI=1S/C29H40N4OS/c1-21(2)18-32(19-22(3)4)28(34)20-35-29-31-30-27(33(29)25-14-6-5-7-15-25)17-24-13-10-12-23-11-8-9-16-26(23)24/h8-13,16,21-22,25H,5-7,14-15,17-20H2,1-4H3. The molecule has 0 spiro atoms. The normalized spacial score (nSPS) is 14.8. The van der Waals surface area contributed by atoms with Crippen LogP contribution in [0.1, 0.15) is 77.2 Å². The van der Waals surface area contributed by atoms with Crippen LogP contribution >= 0.6 is 11.8 Å². The average Bonchev–Trinajstić information content (AvgIpc) is 3.24. The fourth-order valence-corrected chi connectivity index (χ4v) is 6.15. The van der Waals surface area contributed by atoms with Crippen LogP contribution in [0.25, 0.3) is 10.8 Å². The SMILES string of the molecule is CC(C)CN(CC(C)C)C(=O)CSc1nnc(Cc2cccc3ccccc23)n1C1CCCCC1. The van der Waals surface area contributed by atoms with Gasteiger partial charge in [-0.15, -0.1) is 10.2 Å². The molecule has 0 radical (unpaired) electrons. The molecule has 1 saturated carbocycles. The van der Waals surface area contributed by atoms with Crippen LogP contribution in [0.2, 0.25) is 0 Å². The number of amides is 1. The number of carbonyl (C=O) groups excluding carboxylic acids is 1. The van der Waals surface area contributed by atoms with Crippen LogP contribution in [-0.4, -0.2) is 44.4 Å². The van der Waals surface area contributed by atoms with E-state index in [1.807, 2.05) is 4.90 Å². The Balaban J connectivity index is 1.57. The number of aromatic nitrogens is 3. The first-order valence-electron chi connectivity index (χ1n) is 13.2. The molecule has 35 heavy (non-hydrogen) atoms. The predicted octanol–water partition coefficient (Wildman–Crippen LogP) is 6.76. The molecular weight excluding hydrogens is 452 g/mol. The lowest BCUT2D eigenvalue weighted by Crippen LogP contribution is -2.38. The molecule has 5 nitrogen and oxygen atoms in total. The Bertz CT molecular complexity index is 1100. The van der Waals surface area contributed by atoms with Crippen molar-refractivity contribution < 1.29 is 4.79 Å². The summed E-state index contributed by atoms with van der Waals surface area (Å²) in [4.78, 5) is 15.2. The van der Waals surface area contributed by atoms with Gasteiger partial charge in [0.05, 0.1) is 5.75 Å². The molecule has 0 saturated heterocycles. The topological polar surface area (TPSA) is 51.0 Å². The van der Waals surface area contributed by atoms with Crippen molar-refractivity contribution in [2.75, 3.05) is 18.8 Å². The lowest BCUT2D eigenvalue weighted by Gasteiger charge is -2.27. The van der Waals surface area contributed by atoms with Gasteiger partial charge in [-0.25, -0.2) is 0 Å². The second-order valence-electron chi connectivity index (χ2n) is 10.8. The molecule has 1 aromatic heterocycles. The fourth-order valence-electron chi connectivity index (χ4n) is 5.23. The van der Waals surface area contributed by atoms with Gasteiger partial charge in [0.25, 0.3) is 0 Å². The van der Waals surface area contributed by atoms with E-state index in [4.69, 9.17) is 0 Å². The van der Waals surface area contributed by atoms with E-state index in [0.717, 1.165) is 43.3 Å². The molecule has 0 aliphatic heterocycles. The zero-order chi connectivity index (χ0) is 24.8. The summed E-state index contributed by atoms with van der Waals surface area (Å²) in [5, 5.41) is 12.7. The zero-order valence-corrected chi connectivity index (χ0v) is 22.6. The molecule has 1 fully saturated rings. The van der Waals surface area contributed by atoms with Crippen molar-refractivity contribution in [3.63, 3.8) is 0 Å². The quantitative estimate of drug-likeness (QED) is 0.293. The summed E-state index contributed by atoms with van der Waals surface area (Å²) >= 11 is 1.56. The lowest BCUT2D eigenvalue weighted by atomic mass is 9.95. The van der Waals surface area contributed by atoms with Crippen LogP contribution < -0.4 is 0 Å². The van der Waals surface area contributed by atoms with Gasteiger partial charge in [-0.05, 0) is 41.0 Å². The minimum absolute atomic E-state index is 0.200. The summed E-state index contributed by atoms with van der Waals surface area (Å²) in [7, 11) is 0. The minimum Gasteiger partial charge on any atom is -0.341 e. The molecule has 1 heterocycles. The van der Waals surface area contributed by atoms with Crippen LogP contribution in [0.3, 0.4) is 0 Å². The largest absolute Gasteiger partial charge is 0.341 e. The molecule has 1 aliphatic carbocycles. The maximum absolute atomic E-state index is 13.2. The Hall–Kier alpha value is -2.34. The summed E-state index contributed by atoms with van der Waals surface area (Å²) in [6.07, 6.45) is 6.87. The second kappa shape index (κ2) is 12.1. The van der Waals surface area contributed by atoms with E-state index in [1.54, 1.807) is 11.8 Å². The zero-order valence-electron chi connectivity index (χ0n) is 21.7. The first-order valence-corrected chi connectivity index (χ1v) is 14.2. The number of hydrogen-bond acceptors (Lipinski definition) is 4. The molecule has 0 bridgehead atoms. The summed E-state index contributed by atoms with van der Waals surface area (Å²) < 4.78 is 2.37. The van der Waals surface area contributed by atoms with Crippen molar-refractivity contribution in [2.45, 2.75) is 77.4 Å². The first kappa shape index (κ1) is 25.7. The highest BCUT2D eigenvalue weighted by molar-refractivity contribution is 7.99. The van der Waals surface area contributed by atoms with E-state index < -0.39 is 0 Å². The van der Waals surface area contributed by atoms with Crippen LogP contribution in [-0.2, 0) is 11.2 Å². The van der Waals surface area contributed by atoms with Crippen molar-refractivity contribution >= 4 is 28.4 Å². The minimum atomic E-state index is 0.200. The Morgan fingerprint density at radius 3 is 2.37 bits per heavy atom. The predicted molar refractivity (Wildman–Crippen MR) is 146 cm³/mol. The number of benzene rings is 2. The van der Waals surface area contributed by atoms with E-state index in [0.29, 0.717) is 23.6 Å². The monoisotopic (exact) mass is 492 g/mol. The van der Waals surface area contributed by atoms with Gasteiger partial charge in [-0.2, -0.15) is 0 Å². The van der Waals surface area contributed by atoms with E-state index >= 15 is 0 Å². The smallest absolute Gasteiger partial charge is 0.233 e. The van der Waals surface area contributed by atoms with Gasteiger partial charge in [-0.1, -0.05) is 101 Å². The highest BCUT2D eigenvalue weighted by Gasteiger charge is 2.25. The molecule has 2 aromatic carbocycles. The van der Waals surface area contributed by atoms with Crippen molar-refractivity contribution in [3.05, 3.63) is 53.9 Å². The Morgan fingerprint density at radius 2 is 1.66 bits per heavy atom. The highest BCUT2D eigenvalue weighted by Crippen LogP contribution is 2.34. The van der Waals surface area contributed by atoms with Gasteiger partial charge in [0.15, 0.2) is 5.16 Å². The number of thioether (sulfide) groups is 1. The van der Waals surface area contributed by atoms with Gasteiger partial charge in [0.2, 0.25) is 5.91 Å². The number of nitrogens with zero attached hydrogens (tertiary/aromatic N) is 4. The Kier molecular flexibility index (Phi) is 8.88. The number of hydrogen-bond donors (Lipinski definition) is 0. The molecule has 3 aromatic rings. The van der Waals surface area contributed by atoms with Gasteiger partial charge >= 0.3 is 0 Å². The molecule has 188 valence electrons. The van der Waals surface area contributed by atoms with E-state index in [2.05, 4.69) is 84.9 Å². The summed E-state index contributed by atoms with van der Waals surface area (Å²) in [6, 6.07) is 15.5. The summed E-state index contributed by atoms with van der Waals surface area (Å²) in [5.74, 6) is 2.55. The Labute approximate surface area is 214 Å². The molecule has 0 N–H and O–H groups in total. The third-order valence-corrected chi connectivity index (χ3v) is 7.68. The molecule has 4 rings (SSSR count). The summed E-state index contributed by atoms with van der Waals surface area (Å²) in [5.41, 5.74) is 1.28. The molecular formula is C29H40N4OS. The lowest BCUT2D eigenvalue weighted by molar-refractivity contribution is -0.129. The van der Waals surface area contributed by atoms with Gasteiger partial charge < -0.3 is 9.47 Å². The van der Waals surface area contributed by atoms with Crippen LogP contribution in [0.4, 0.5) is 0 Å². The van der Waals surface area contributed by atoms with E-state index in [1.165, 1.54) is 35.6 Å². The maximum Gasteiger partial charge on any atom is 0.233 e. The second-order valence-corrected chi connectivity index (χ2v) is 11.7. The van der Waals surface area contributed by atoms with Gasteiger partial charge in [0, 0.05) is 25.6 Å². The Morgan fingerprint density at radius 1 is 0.971 bits per heavy atom. The fraction of sp³-hybridized carbons (Fsp3) is 0.552.